The molecule has 1 aliphatic heterocycles. The second kappa shape index (κ2) is 15.6. The van der Waals surface area contributed by atoms with Crippen molar-refractivity contribution in [3.05, 3.63) is 0 Å². The highest BCUT2D eigenvalue weighted by molar-refractivity contribution is 4.89. The third-order valence-electron chi connectivity index (χ3n) is 6.17. The molecular formula is C25H50O4. The molecular weight excluding hydrogens is 364 g/mol. The molecule has 0 amide bonds. The van der Waals surface area contributed by atoms with Crippen LogP contribution in [0.4, 0.5) is 0 Å². The summed E-state index contributed by atoms with van der Waals surface area (Å²) in [6.07, 6.45) is 14.1. The molecule has 0 aromatic rings. The fraction of sp³-hybridized carbons (Fsp3) is 1.00. The molecule has 4 nitrogen and oxygen atoms in total. The Morgan fingerprint density at radius 3 is 1.66 bits per heavy atom. The van der Waals surface area contributed by atoms with E-state index < -0.39 is 5.97 Å². The standard InChI is InChI=1S/C25H50O4/c1-6-11-12-13-14-15-16-23(20-24(10-5)21-26-22-24)25(27-17-7-2,28-18-8-3)29-19-9-4/h23H,6-22H2,1-5H3. The van der Waals surface area contributed by atoms with Gasteiger partial charge in [0.2, 0.25) is 0 Å². The summed E-state index contributed by atoms with van der Waals surface area (Å²) in [4.78, 5) is 0. The topological polar surface area (TPSA) is 36.9 Å². The fourth-order valence-corrected chi connectivity index (χ4v) is 4.17. The first-order chi connectivity index (χ1) is 14.1. The molecule has 0 saturated carbocycles. The molecule has 1 fully saturated rings. The minimum Gasteiger partial charge on any atom is -0.380 e. The van der Waals surface area contributed by atoms with Crippen molar-refractivity contribution < 1.29 is 18.9 Å². The highest BCUT2D eigenvalue weighted by atomic mass is 16.9. The Morgan fingerprint density at radius 1 is 0.724 bits per heavy atom. The van der Waals surface area contributed by atoms with Gasteiger partial charge in [-0.15, -0.1) is 0 Å². The third kappa shape index (κ3) is 9.25. The van der Waals surface area contributed by atoms with Crippen molar-refractivity contribution in [1.29, 1.82) is 0 Å². The average Bonchev–Trinajstić information content (AvgIpc) is 2.71. The molecule has 1 atom stereocenters. The van der Waals surface area contributed by atoms with Crippen molar-refractivity contribution in [2.24, 2.45) is 11.3 Å². The van der Waals surface area contributed by atoms with Crippen LogP contribution in [-0.2, 0) is 18.9 Å². The Bertz CT molecular complexity index is 354. The van der Waals surface area contributed by atoms with Gasteiger partial charge in [0.05, 0.1) is 33.0 Å². The Hall–Kier alpha value is -0.160. The molecule has 1 saturated heterocycles. The van der Waals surface area contributed by atoms with Crippen LogP contribution in [0.5, 0.6) is 0 Å². The van der Waals surface area contributed by atoms with E-state index in [0.717, 1.165) is 51.7 Å². The second-order valence-corrected chi connectivity index (χ2v) is 8.95. The minimum absolute atomic E-state index is 0.252. The number of ether oxygens (including phenoxy) is 4. The molecule has 0 N–H and O–H groups in total. The predicted octanol–water partition coefficient (Wildman–Crippen LogP) is 7.10. The molecule has 1 unspecified atom stereocenters. The quantitative estimate of drug-likeness (QED) is 0.157. The zero-order valence-corrected chi connectivity index (χ0v) is 20.2. The molecule has 0 aromatic carbocycles. The molecule has 1 aliphatic rings. The molecule has 0 aromatic heterocycles. The van der Waals surface area contributed by atoms with Gasteiger partial charge in [-0.25, -0.2) is 0 Å². The van der Waals surface area contributed by atoms with E-state index in [0.29, 0.717) is 19.8 Å². The van der Waals surface area contributed by atoms with Crippen LogP contribution in [0.25, 0.3) is 0 Å². The maximum atomic E-state index is 6.41. The highest BCUT2D eigenvalue weighted by Gasteiger charge is 2.48. The number of hydrogen-bond donors (Lipinski definition) is 0. The summed E-state index contributed by atoms with van der Waals surface area (Å²) in [6.45, 7) is 14.8. The Kier molecular flexibility index (Phi) is 14.5. The van der Waals surface area contributed by atoms with Gasteiger partial charge in [-0.2, -0.15) is 0 Å². The Labute approximate surface area is 181 Å². The predicted molar refractivity (Wildman–Crippen MR) is 121 cm³/mol. The minimum atomic E-state index is -0.900. The van der Waals surface area contributed by atoms with Crippen LogP contribution >= 0.6 is 0 Å². The van der Waals surface area contributed by atoms with Crippen molar-refractivity contribution in [2.75, 3.05) is 33.0 Å². The van der Waals surface area contributed by atoms with Gasteiger partial charge in [0.1, 0.15) is 0 Å². The largest absolute Gasteiger partial charge is 0.380 e. The molecule has 0 bridgehead atoms. The second-order valence-electron chi connectivity index (χ2n) is 8.95. The van der Waals surface area contributed by atoms with Crippen LogP contribution in [0.1, 0.15) is 112 Å². The lowest BCUT2D eigenvalue weighted by Gasteiger charge is -2.47. The summed E-state index contributed by atoms with van der Waals surface area (Å²) in [5.74, 6) is -0.648. The summed E-state index contributed by atoms with van der Waals surface area (Å²) >= 11 is 0. The van der Waals surface area contributed by atoms with Crippen molar-refractivity contribution in [3.8, 4) is 0 Å². The van der Waals surface area contributed by atoms with Crippen LogP contribution in [0.15, 0.2) is 0 Å². The van der Waals surface area contributed by atoms with Crippen molar-refractivity contribution in [1.82, 2.24) is 0 Å². The first-order valence-electron chi connectivity index (χ1n) is 12.6. The highest BCUT2D eigenvalue weighted by Crippen LogP contribution is 2.44. The monoisotopic (exact) mass is 414 g/mol. The molecule has 4 heteroatoms. The van der Waals surface area contributed by atoms with Crippen LogP contribution in [0, 0.1) is 11.3 Å². The smallest absolute Gasteiger partial charge is 0.285 e. The summed E-state index contributed by atoms with van der Waals surface area (Å²) < 4.78 is 24.9. The summed E-state index contributed by atoms with van der Waals surface area (Å²) in [7, 11) is 0. The van der Waals surface area contributed by atoms with E-state index in [2.05, 4.69) is 34.6 Å². The van der Waals surface area contributed by atoms with E-state index in [1.807, 2.05) is 0 Å². The zero-order valence-electron chi connectivity index (χ0n) is 20.2. The van der Waals surface area contributed by atoms with Gasteiger partial charge in [-0.05, 0) is 38.5 Å². The Morgan fingerprint density at radius 2 is 1.24 bits per heavy atom. The lowest BCUT2D eigenvalue weighted by atomic mass is 9.73. The zero-order chi connectivity index (χ0) is 21.4. The lowest BCUT2D eigenvalue weighted by Crippen LogP contribution is -2.52. The summed E-state index contributed by atoms with van der Waals surface area (Å²) in [5, 5.41) is 0. The van der Waals surface area contributed by atoms with Crippen LogP contribution < -0.4 is 0 Å². The maximum Gasteiger partial charge on any atom is 0.285 e. The number of hydrogen-bond acceptors (Lipinski definition) is 4. The van der Waals surface area contributed by atoms with E-state index in [-0.39, 0.29) is 11.3 Å². The van der Waals surface area contributed by atoms with Crippen LogP contribution in [0.3, 0.4) is 0 Å². The van der Waals surface area contributed by atoms with Gasteiger partial charge >= 0.3 is 0 Å². The van der Waals surface area contributed by atoms with Gasteiger partial charge < -0.3 is 18.9 Å². The van der Waals surface area contributed by atoms with E-state index in [1.165, 1.54) is 38.5 Å². The van der Waals surface area contributed by atoms with E-state index >= 15 is 0 Å². The number of rotatable bonds is 20. The van der Waals surface area contributed by atoms with Crippen molar-refractivity contribution >= 4 is 0 Å². The summed E-state index contributed by atoms with van der Waals surface area (Å²) in [6, 6.07) is 0. The van der Waals surface area contributed by atoms with Crippen LogP contribution in [0.2, 0.25) is 0 Å². The number of unbranched alkanes of at least 4 members (excludes halogenated alkanes) is 5. The molecule has 1 rings (SSSR count). The first-order valence-corrected chi connectivity index (χ1v) is 12.6. The van der Waals surface area contributed by atoms with Gasteiger partial charge in [0, 0.05) is 11.3 Å². The van der Waals surface area contributed by atoms with E-state index in [1.54, 1.807) is 0 Å². The van der Waals surface area contributed by atoms with Crippen LogP contribution in [-0.4, -0.2) is 39.0 Å². The van der Waals surface area contributed by atoms with Crippen molar-refractivity contribution in [3.63, 3.8) is 0 Å². The third-order valence-corrected chi connectivity index (χ3v) is 6.17. The maximum absolute atomic E-state index is 6.41. The van der Waals surface area contributed by atoms with E-state index in [9.17, 15) is 0 Å². The van der Waals surface area contributed by atoms with Gasteiger partial charge in [-0.1, -0.05) is 73.1 Å². The molecule has 0 spiro atoms. The van der Waals surface area contributed by atoms with Gasteiger partial charge in [0.25, 0.3) is 5.97 Å². The molecule has 0 radical (unpaired) electrons. The Balaban J connectivity index is 2.93. The molecule has 1 heterocycles. The lowest BCUT2D eigenvalue weighted by molar-refractivity contribution is -0.410. The van der Waals surface area contributed by atoms with Gasteiger partial charge in [0.15, 0.2) is 0 Å². The summed E-state index contributed by atoms with van der Waals surface area (Å²) in [5.41, 5.74) is 0.263. The van der Waals surface area contributed by atoms with Gasteiger partial charge in [-0.3, -0.25) is 0 Å². The normalized spacial score (nSPS) is 17.3. The van der Waals surface area contributed by atoms with Crippen molar-refractivity contribution in [2.45, 2.75) is 118 Å². The molecule has 0 aliphatic carbocycles. The SMILES string of the molecule is CCCCCCCCC(CC1(CC)COC1)C(OCCC)(OCCC)OCCC. The first kappa shape index (κ1) is 26.9. The van der Waals surface area contributed by atoms with E-state index in [4.69, 9.17) is 18.9 Å². The fourth-order valence-electron chi connectivity index (χ4n) is 4.17. The average molecular weight is 415 g/mol. The molecule has 29 heavy (non-hydrogen) atoms. The molecule has 174 valence electrons.